The van der Waals surface area contributed by atoms with Crippen LogP contribution < -0.4 is 15.8 Å². The van der Waals surface area contributed by atoms with Crippen molar-refractivity contribution < 1.29 is 14.3 Å². The Morgan fingerprint density at radius 1 is 1.40 bits per heavy atom. The molecule has 1 aromatic carbocycles. The molecule has 5 nitrogen and oxygen atoms in total. The number of methoxy groups -OCH3 is 1. The molecule has 3 N–H and O–H groups in total. The molecule has 0 radical (unpaired) electrons. The van der Waals surface area contributed by atoms with Crippen molar-refractivity contribution in [2.75, 3.05) is 25.6 Å². The summed E-state index contributed by atoms with van der Waals surface area (Å²) in [5.74, 6) is 0.406. The summed E-state index contributed by atoms with van der Waals surface area (Å²) in [5.41, 5.74) is 5.59. The van der Waals surface area contributed by atoms with Crippen molar-refractivity contribution in [3.63, 3.8) is 0 Å². The van der Waals surface area contributed by atoms with E-state index < -0.39 is 5.41 Å². The van der Waals surface area contributed by atoms with Crippen LogP contribution in [0.25, 0.3) is 0 Å². The van der Waals surface area contributed by atoms with Gasteiger partial charge in [-0.1, -0.05) is 24.4 Å². The fourth-order valence-electron chi connectivity index (χ4n) is 2.30. The van der Waals surface area contributed by atoms with Crippen LogP contribution in [0.3, 0.4) is 0 Å². The molecule has 1 saturated heterocycles. The first-order valence-electron chi connectivity index (χ1n) is 6.42. The van der Waals surface area contributed by atoms with Gasteiger partial charge in [0, 0.05) is 13.2 Å². The number of carbonyl (C=O) groups is 1. The molecule has 20 heavy (non-hydrogen) atoms. The van der Waals surface area contributed by atoms with Crippen LogP contribution in [-0.2, 0) is 9.53 Å². The van der Waals surface area contributed by atoms with E-state index in [9.17, 15) is 4.79 Å². The molecule has 1 heterocycles. The second kappa shape index (κ2) is 6.19. The number of nitrogens with two attached hydrogens (primary N) is 1. The van der Waals surface area contributed by atoms with Crippen molar-refractivity contribution in [3.05, 3.63) is 24.3 Å². The second-order valence-corrected chi connectivity index (χ2v) is 5.15. The molecule has 0 atom stereocenters. The minimum Gasteiger partial charge on any atom is -0.495 e. The zero-order valence-corrected chi connectivity index (χ0v) is 12.2. The molecule has 1 aliphatic rings. The maximum absolute atomic E-state index is 12.6. The number of thiocarbonyl (C=S) groups is 1. The average molecular weight is 294 g/mol. The van der Waals surface area contributed by atoms with Gasteiger partial charge < -0.3 is 20.5 Å². The van der Waals surface area contributed by atoms with Crippen LogP contribution >= 0.6 is 12.2 Å². The fourth-order valence-corrected chi connectivity index (χ4v) is 2.59. The standard InChI is InChI=1S/C14H18N2O3S/c1-18-11-5-3-2-4-10(11)16-13(17)14(12(15)20)6-8-19-9-7-14/h2-5H,6-9H2,1H3,(H2,15,20)(H,16,17). The van der Waals surface area contributed by atoms with Gasteiger partial charge in [-0.3, -0.25) is 4.79 Å². The minimum absolute atomic E-state index is 0.196. The number of rotatable bonds is 4. The SMILES string of the molecule is COc1ccccc1NC(=O)C1(C(N)=S)CCOCC1. The number of amides is 1. The highest BCUT2D eigenvalue weighted by molar-refractivity contribution is 7.80. The fraction of sp³-hybridized carbons (Fsp3) is 0.429. The normalized spacial score (nSPS) is 17.2. The molecule has 0 aliphatic carbocycles. The Labute approximate surface area is 123 Å². The summed E-state index contributed by atoms with van der Waals surface area (Å²) in [6.07, 6.45) is 1.01. The lowest BCUT2D eigenvalue weighted by Crippen LogP contribution is -2.49. The highest BCUT2D eigenvalue weighted by Gasteiger charge is 2.43. The molecule has 0 unspecified atom stereocenters. The molecule has 108 valence electrons. The van der Waals surface area contributed by atoms with Crippen LogP contribution in [0.5, 0.6) is 5.75 Å². The third-order valence-corrected chi connectivity index (χ3v) is 4.00. The maximum atomic E-state index is 12.6. The van der Waals surface area contributed by atoms with Crippen LogP contribution in [-0.4, -0.2) is 31.2 Å². The number of carbonyl (C=O) groups excluding carboxylic acids is 1. The Balaban J connectivity index is 2.23. The molecule has 0 bridgehead atoms. The Morgan fingerprint density at radius 3 is 2.65 bits per heavy atom. The summed E-state index contributed by atoms with van der Waals surface area (Å²) in [6, 6.07) is 7.23. The zero-order chi connectivity index (χ0) is 14.6. The number of hydrogen-bond acceptors (Lipinski definition) is 4. The largest absolute Gasteiger partial charge is 0.495 e. The molecule has 1 aromatic rings. The highest BCUT2D eigenvalue weighted by Crippen LogP contribution is 2.34. The number of hydrogen-bond donors (Lipinski definition) is 2. The Kier molecular flexibility index (Phi) is 4.57. The van der Waals surface area contributed by atoms with Crippen LogP contribution in [0, 0.1) is 5.41 Å². The summed E-state index contributed by atoms with van der Waals surface area (Å²) in [6.45, 7) is 0.966. The van der Waals surface area contributed by atoms with E-state index >= 15 is 0 Å². The Morgan fingerprint density at radius 2 is 2.05 bits per heavy atom. The van der Waals surface area contributed by atoms with Crippen LogP contribution in [0.2, 0.25) is 0 Å². The van der Waals surface area contributed by atoms with E-state index in [1.165, 1.54) is 0 Å². The highest BCUT2D eigenvalue weighted by atomic mass is 32.1. The minimum atomic E-state index is -0.839. The summed E-state index contributed by atoms with van der Waals surface area (Å²) in [4.78, 5) is 12.8. The van der Waals surface area contributed by atoms with Gasteiger partial charge in [0.15, 0.2) is 0 Å². The number of nitrogens with one attached hydrogen (secondary N) is 1. The van der Waals surface area contributed by atoms with E-state index in [0.717, 1.165) is 0 Å². The summed E-state index contributed by atoms with van der Waals surface area (Å²) in [5, 5.41) is 2.87. The van der Waals surface area contributed by atoms with Crippen LogP contribution in [0.1, 0.15) is 12.8 Å². The Bertz CT molecular complexity index is 513. The van der Waals surface area contributed by atoms with E-state index in [1.807, 2.05) is 12.1 Å². The smallest absolute Gasteiger partial charge is 0.237 e. The number of anilines is 1. The van der Waals surface area contributed by atoms with E-state index in [2.05, 4.69) is 5.32 Å². The lowest BCUT2D eigenvalue weighted by Gasteiger charge is -2.34. The summed E-state index contributed by atoms with van der Waals surface area (Å²) in [7, 11) is 1.56. The van der Waals surface area contributed by atoms with Crippen molar-refractivity contribution >= 4 is 28.8 Å². The summed E-state index contributed by atoms with van der Waals surface area (Å²) < 4.78 is 10.5. The predicted molar refractivity (Wildman–Crippen MR) is 80.9 cm³/mol. The van der Waals surface area contributed by atoms with Crippen LogP contribution in [0.15, 0.2) is 24.3 Å². The van der Waals surface area contributed by atoms with Gasteiger partial charge in [-0.15, -0.1) is 0 Å². The predicted octanol–water partition coefficient (Wildman–Crippen LogP) is 1.72. The third-order valence-electron chi connectivity index (χ3n) is 3.61. The molecule has 6 heteroatoms. The molecular formula is C14H18N2O3S. The van der Waals surface area contributed by atoms with Gasteiger partial charge in [0.1, 0.15) is 11.2 Å². The molecule has 1 amide bonds. The molecule has 1 aliphatic heterocycles. The monoisotopic (exact) mass is 294 g/mol. The van der Waals surface area contributed by atoms with Crippen LogP contribution in [0.4, 0.5) is 5.69 Å². The third kappa shape index (κ3) is 2.76. The first kappa shape index (κ1) is 14.7. The topological polar surface area (TPSA) is 73.6 Å². The number of benzene rings is 1. The molecule has 0 spiro atoms. The first-order chi connectivity index (χ1) is 9.60. The van der Waals surface area contributed by atoms with E-state index in [4.69, 9.17) is 27.4 Å². The maximum Gasteiger partial charge on any atom is 0.237 e. The van der Waals surface area contributed by atoms with Crippen molar-refractivity contribution in [3.8, 4) is 5.75 Å². The molecule has 0 aromatic heterocycles. The van der Waals surface area contributed by atoms with Crippen molar-refractivity contribution in [1.29, 1.82) is 0 Å². The van der Waals surface area contributed by atoms with Gasteiger partial charge >= 0.3 is 0 Å². The van der Waals surface area contributed by atoms with Crippen molar-refractivity contribution in [2.24, 2.45) is 11.1 Å². The number of para-hydroxylation sites is 2. The van der Waals surface area contributed by atoms with Gasteiger partial charge in [-0.25, -0.2) is 0 Å². The van der Waals surface area contributed by atoms with Gasteiger partial charge in [0.25, 0.3) is 0 Å². The lowest BCUT2D eigenvalue weighted by atomic mass is 9.79. The van der Waals surface area contributed by atoms with E-state index in [0.29, 0.717) is 37.5 Å². The van der Waals surface area contributed by atoms with Crippen molar-refractivity contribution in [2.45, 2.75) is 12.8 Å². The quantitative estimate of drug-likeness (QED) is 0.827. The molecule has 1 fully saturated rings. The first-order valence-corrected chi connectivity index (χ1v) is 6.83. The average Bonchev–Trinajstić information content (AvgIpc) is 2.48. The van der Waals surface area contributed by atoms with E-state index in [-0.39, 0.29) is 10.9 Å². The molecule has 0 saturated carbocycles. The number of ether oxygens (including phenoxy) is 2. The van der Waals surface area contributed by atoms with Gasteiger partial charge in [0.05, 0.1) is 17.8 Å². The lowest BCUT2D eigenvalue weighted by molar-refractivity contribution is -0.126. The van der Waals surface area contributed by atoms with E-state index in [1.54, 1.807) is 19.2 Å². The zero-order valence-electron chi connectivity index (χ0n) is 11.3. The molecule has 2 rings (SSSR count). The van der Waals surface area contributed by atoms with Crippen molar-refractivity contribution in [1.82, 2.24) is 0 Å². The van der Waals surface area contributed by atoms with Gasteiger partial charge in [-0.05, 0) is 25.0 Å². The molecular weight excluding hydrogens is 276 g/mol. The van der Waals surface area contributed by atoms with Gasteiger partial charge in [0.2, 0.25) is 5.91 Å². The second-order valence-electron chi connectivity index (χ2n) is 4.71. The Hall–Kier alpha value is -1.66. The van der Waals surface area contributed by atoms with Gasteiger partial charge in [-0.2, -0.15) is 0 Å². The summed E-state index contributed by atoms with van der Waals surface area (Å²) >= 11 is 5.11.